The Hall–Kier alpha value is -1.79. The first kappa shape index (κ1) is 14.6. The van der Waals surface area contributed by atoms with Gasteiger partial charge in [0.25, 0.3) is 5.69 Å². The molecule has 0 N–H and O–H groups in total. The maximum atomic E-state index is 11.0. The molecule has 0 unspecified atom stereocenters. The number of para-hydroxylation sites is 2. The van der Waals surface area contributed by atoms with E-state index in [9.17, 15) is 10.1 Å². The minimum Gasteiger partial charge on any atom is -1.00 e. The van der Waals surface area contributed by atoms with Gasteiger partial charge >= 0.3 is 0 Å². The molecule has 6 heteroatoms. The van der Waals surface area contributed by atoms with Crippen LogP contribution in [0.4, 0.5) is 5.69 Å². The van der Waals surface area contributed by atoms with E-state index in [-0.39, 0.29) is 27.6 Å². The predicted octanol–water partition coefficient (Wildman–Crippen LogP) is 0.149. The van der Waals surface area contributed by atoms with E-state index < -0.39 is 0 Å². The van der Waals surface area contributed by atoms with Gasteiger partial charge in [-0.2, -0.15) is 4.57 Å². The Kier molecular flexibility index (Phi) is 4.46. The molecule has 0 radical (unpaired) electrons. The van der Waals surface area contributed by atoms with Crippen LogP contribution < -0.4 is 21.5 Å². The summed E-state index contributed by atoms with van der Waals surface area (Å²) in [7, 11) is 0. The van der Waals surface area contributed by atoms with Gasteiger partial charge in [0.1, 0.15) is 4.70 Å². The summed E-state index contributed by atoms with van der Waals surface area (Å²) < 4.78 is 3.23. The lowest BCUT2D eigenvalue weighted by molar-refractivity contribution is -0.658. The van der Waals surface area contributed by atoms with E-state index >= 15 is 0 Å². The van der Waals surface area contributed by atoms with E-state index in [1.165, 1.54) is 4.70 Å². The van der Waals surface area contributed by atoms with E-state index in [0.717, 1.165) is 11.1 Å². The second-order valence-corrected chi connectivity index (χ2v) is 5.09. The number of thiazole rings is 1. The van der Waals surface area contributed by atoms with E-state index in [0.29, 0.717) is 6.54 Å². The predicted molar refractivity (Wildman–Crippen MR) is 74.2 cm³/mol. The normalized spacial score (nSPS) is 10.2. The van der Waals surface area contributed by atoms with Crippen molar-refractivity contribution in [3.05, 3.63) is 69.7 Å². The first-order valence-corrected chi connectivity index (χ1v) is 6.71. The number of benzene rings is 2. The van der Waals surface area contributed by atoms with E-state index in [4.69, 9.17) is 0 Å². The molecule has 0 aliphatic carbocycles. The molecule has 0 aliphatic heterocycles. The third-order valence-corrected chi connectivity index (χ3v) is 3.97. The highest BCUT2D eigenvalue weighted by Gasteiger charge is 2.18. The third kappa shape index (κ3) is 2.71. The van der Waals surface area contributed by atoms with Crippen molar-refractivity contribution < 1.29 is 26.5 Å². The third-order valence-electron chi connectivity index (χ3n) is 3.01. The Morgan fingerprint density at radius 1 is 1.10 bits per heavy atom. The molecule has 0 fully saturated rings. The summed E-state index contributed by atoms with van der Waals surface area (Å²) in [6, 6.07) is 14.9. The Bertz CT molecular complexity index is 758. The van der Waals surface area contributed by atoms with Crippen LogP contribution in [0, 0.1) is 10.1 Å². The van der Waals surface area contributed by atoms with Crippen LogP contribution in [0.25, 0.3) is 10.2 Å². The monoisotopic (exact) mass is 350 g/mol. The molecule has 0 bridgehead atoms. The van der Waals surface area contributed by atoms with Crippen molar-refractivity contribution in [2.24, 2.45) is 0 Å². The highest BCUT2D eigenvalue weighted by Crippen LogP contribution is 2.20. The van der Waals surface area contributed by atoms with Crippen molar-refractivity contribution in [3.63, 3.8) is 0 Å². The molecule has 2 aromatic carbocycles. The summed E-state index contributed by atoms with van der Waals surface area (Å²) in [6.45, 7) is 0.515. The van der Waals surface area contributed by atoms with Crippen LogP contribution in [0.3, 0.4) is 0 Å². The van der Waals surface area contributed by atoms with Gasteiger partial charge in [0, 0.05) is 12.1 Å². The highest BCUT2D eigenvalue weighted by atomic mass is 79.9. The fraction of sp³-hybridized carbons (Fsp3) is 0.0714. The van der Waals surface area contributed by atoms with Crippen LogP contribution in [0.1, 0.15) is 5.56 Å². The summed E-state index contributed by atoms with van der Waals surface area (Å²) in [4.78, 5) is 10.7. The number of nitrogens with zero attached hydrogens (tertiary/aromatic N) is 2. The molecule has 0 saturated carbocycles. The van der Waals surface area contributed by atoms with Crippen LogP contribution in [0.15, 0.2) is 54.0 Å². The van der Waals surface area contributed by atoms with Crippen molar-refractivity contribution in [3.8, 4) is 0 Å². The molecule has 0 saturated heterocycles. The van der Waals surface area contributed by atoms with Crippen LogP contribution in [0.2, 0.25) is 0 Å². The van der Waals surface area contributed by atoms with E-state index in [2.05, 4.69) is 6.07 Å². The molecule has 1 aromatic heterocycles. The molecular formula is C14H11BrN2O2S. The van der Waals surface area contributed by atoms with Gasteiger partial charge in [-0.15, -0.1) is 0 Å². The SMILES string of the molecule is O=[N+]([O-])c1ccccc1C[n+]1csc2ccccc21.[Br-]. The number of fused-ring (bicyclic) bond motifs is 1. The first-order valence-electron chi connectivity index (χ1n) is 5.83. The first-order chi connectivity index (χ1) is 9.25. The zero-order chi connectivity index (χ0) is 13.2. The van der Waals surface area contributed by atoms with Gasteiger partial charge in [-0.1, -0.05) is 35.6 Å². The van der Waals surface area contributed by atoms with Gasteiger partial charge in [0.2, 0.25) is 11.0 Å². The molecule has 0 aliphatic rings. The molecule has 0 atom stereocenters. The van der Waals surface area contributed by atoms with E-state index in [1.807, 2.05) is 34.3 Å². The van der Waals surface area contributed by atoms with Crippen molar-refractivity contribution in [2.75, 3.05) is 0 Å². The van der Waals surface area contributed by atoms with E-state index in [1.54, 1.807) is 29.5 Å². The summed E-state index contributed by atoms with van der Waals surface area (Å²) in [5.41, 5.74) is 4.00. The Labute approximate surface area is 130 Å². The number of nitro groups is 1. The van der Waals surface area contributed by atoms with Gasteiger partial charge < -0.3 is 17.0 Å². The average Bonchev–Trinajstić information content (AvgIpc) is 2.83. The van der Waals surface area contributed by atoms with Gasteiger partial charge in [-0.3, -0.25) is 10.1 Å². The fourth-order valence-electron chi connectivity index (χ4n) is 2.10. The molecule has 0 amide bonds. The molecule has 102 valence electrons. The highest BCUT2D eigenvalue weighted by molar-refractivity contribution is 7.16. The van der Waals surface area contributed by atoms with Crippen LogP contribution >= 0.6 is 11.3 Å². The lowest BCUT2D eigenvalue weighted by atomic mass is 10.2. The number of rotatable bonds is 3. The molecule has 0 spiro atoms. The summed E-state index contributed by atoms with van der Waals surface area (Å²) in [5.74, 6) is 0. The zero-order valence-electron chi connectivity index (χ0n) is 10.4. The minimum absolute atomic E-state index is 0. The standard InChI is InChI=1S/C14H11N2O2S.BrH/c17-16(18)12-6-2-1-5-11(12)9-15-10-19-14-8-4-3-7-13(14)15;/h1-8,10H,9H2;1H/q+1;/p-1. The maximum Gasteiger partial charge on any atom is 0.278 e. The summed E-state index contributed by atoms with van der Waals surface area (Å²) >= 11 is 1.64. The smallest absolute Gasteiger partial charge is 0.278 e. The van der Waals surface area contributed by atoms with Gasteiger partial charge in [-0.25, -0.2) is 0 Å². The lowest BCUT2D eigenvalue weighted by Crippen LogP contribution is -3.00. The number of aromatic nitrogens is 1. The summed E-state index contributed by atoms with van der Waals surface area (Å²) in [5, 5.41) is 11.0. The second kappa shape index (κ2) is 6.11. The van der Waals surface area contributed by atoms with Crippen LogP contribution in [-0.2, 0) is 6.54 Å². The lowest BCUT2D eigenvalue weighted by Gasteiger charge is -1.98. The van der Waals surface area contributed by atoms with Crippen molar-refractivity contribution in [2.45, 2.75) is 6.54 Å². The molecule has 3 rings (SSSR count). The zero-order valence-corrected chi connectivity index (χ0v) is 12.8. The fourth-order valence-corrected chi connectivity index (χ4v) is 2.99. The topological polar surface area (TPSA) is 47.0 Å². The number of nitro benzene ring substituents is 1. The number of hydrogen-bond acceptors (Lipinski definition) is 3. The largest absolute Gasteiger partial charge is 1.00 e. The van der Waals surface area contributed by atoms with Gasteiger partial charge in [0.05, 0.1) is 10.5 Å². The quantitative estimate of drug-likeness (QED) is 0.383. The van der Waals surface area contributed by atoms with Gasteiger partial charge in [0.15, 0.2) is 6.54 Å². The Morgan fingerprint density at radius 2 is 1.80 bits per heavy atom. The Balaban J connectivity index is 0.00000147. The molecule has 4 nitrogen and oxygen atoms in total. The second-order valence-electron chi connectivity index (χ2n) is 4.20. The van der Waals surface area contributed by atoms with Crippen molar-refractivity contribution >= 4 is 27.2 Å². The van der Waals surface area contributed by atoms with Gasteiger partial charge in [-0.05, 0) is 12.1 Å². The average molecular weight is 351 g/mol. The minimum atomic E-state index is -0.329. The van der Waals surface area contributed by atoms with Crippen molar-refractivity contribution in [1.82, 2.24) is 0 Å². The van der Waals surface area contributed by atoms with Crippen molar-refractivity contribution in [1.29, 1.82) is 0 Å². The maximum absolute atomic E-state index is 11.0. The Morgan fingerprint density at radius 3 is 2.60 bits per heavy atom. The molecule has 1 heterocycles. The van der Waals surface area contributed by atoms with Crippen LogP contribution in [-0.4, -0.2) is 4.92 Å². The molecular weight excluding hydrogens is 340 g/mol. The molecule has 20 heavy (non-hydrogen) atoms. The molecule has 3 aromatic rings. The number of halogens is 1. The summed E-state index contributed by atoms with van der Waals surface area (Å²) in [6.07, 6.45) is 0. The number of hydrogen-bond donors (Lipinski definition) is 0. The van der Waals surface area contributed by atoms with Crippen LogP contribution in [0.5, 0.6) is 0 Å².